The molecule has 1 amide bonds. The highest BCUT2D eigenvalue weighted by Gasteiger charge is 2.31. The van der Waals surface area contributed by atoms with Gasteiger partial charge in [-0.25, -0.2) is 16.8 Å². The number of ether oxygens (including phenoxy) is 4. The van der Waals surface area contributed by atoms with Gasteiger partial charge in [-0.1, -0.05) is 0 Å². The maximum absolute atomic E-state index is 12.9. The van der Waals surface area contributed by atoms with E-state index in [4.69, 9.17) is 18.9 Å². The third kappa shape index (κ3) is 7.07. The molecule has 1 aliphatic heterocycles. The first-order valence-corrected chi connectivity index (χ1v) is 15.1. The molecule has 0 aromatic heterocycles. The number of amides is 1. The van der Waals surface area contributed by atoms with Crippen molar-refractivity contribution >= 4 is 31.6 Å². The summed E-state index contributed by atoms with van der Waals surface area (Å²) < 4.78 is 74.4. The summed E-state index contributed by atoms with van der Waals surface area (Å²) in [6.45, 7) is 2.96. The SMILES string of the molecule is COc1ccc(OC)c(N(C(C)C(=O)NCCOc2ccc(S(=O)(=O)N3CCOCC3)cc2)S(C)(=O)=O)c1. The molecule has 12 nitrogen and oxygen atoms in total. The lowest BCUT2D eigenvalue weighted by atomic mass is 10.2. The molecule has 210 valence electrons. The van der Waals surface area contributed by atoms with Crippen molar-refractivity contribution in [2.75, 3.05) is 64.2 Å². The molecule has 0 bridgehead atoms. The molecule has 1 aliphatic rings. The molecular weight excluding hydrogens is 538 g/mol. The van der Waals surface area contributed by atoms with Crippen molar-refractivity contribution in [1.82, 2.24) is 9.62 Å². The van der Waals surface area contributed by atoms with Crippen LogP contribution in [0.5, 0.6) is 17.2 Å². The number of nitrogens with zero attached hydrogens (tertiary/aromatic N) is 2. The summed E-state index contributed by atoms with van der Waals surface area (Å²) in [4.78, 5) is 13.0. The molecule has 2 aromatic carbocycles. The number of hydrogen-bond acceptors (Lipinski definition) is 9. The Hall–Kier alpha value is -3.07. The van der Waals surface area contributed by atoms with Gasteiger partial charge < -0.3 is 24.3 Å². The summed E-state index contributed by atoms with van der Waals surface area (Å²) in [6.07, 6.45) is 1.00. The highest BCUT2D eigenvalue weighted by molar-refractivity contribution is 7.92. The van der Waals surface area contributed by atoms with Gasteiger partial charge in [0.05, 0.1) is 50.8 Å². The molecule has 2 aromatic rings. The predicted molar refractivity (Wildman–Crippen MR) is 141 cm³/mol. The van der Waals surface area contributed by atoms with Crippen LogP contribution in [0, 0.1) is 0 Å². The van der Waals surface area contributed by atoms with Crippen molar-refractivity contribution in [3.63, 3.8) is 0 Å². The van der Waals surface area contributed by atoms with Gasteiger partial charge in [-0.3, -0.25) is 9.10 Å². The van der Waals surface area contributed by atoms with Gasteiger partial charge >= 0.3 is 0 Å². The Kier molecular flexibility index (Phi) is 9.82. The van der Waals surface area contributed by atoms with Crippen LogP contribution >= 0.6 is 0 Å². The van der Waals surface area contributed by atoms with E-state index in [-0.39, 0.29) is 29.5 Å². The molecular formula is C24H33N3O9S2. The molecule has 14 heteroatoms. The van der Waals surface area contributed by atoms with E-state index in [0.29, 0.717) is 37.8 Å². The fourth-order valence-corrected chi connectivity index (χ4v) is 6.46. The highest BCUT2D eigenvalue weighted by Crippen LogP contribution is 2.35. The fourth-order valence-electron chi connectivity index (χ4n) is 3.88. The first-order valence-electron chi connectivity index (χ1n) is 11.8. The Labute approximate surface area is 223 Å². The number of sulfonamides is 2. The van der Waals surface area contributed by atoms with Crippen molar-refractivity contribution in [3.8, 4) is 17.2 Å². The van der Waals surface area contributed by atoms with Gasteiger partial charge in [0.15, 0.2) is 0 Å². The van der Waals surface area contributed by atoms with E-state index in [0.717, 1.165) is 10.6 Å². The Morgan fingerprint density at radius 1 is 1.03 bits per heavy atom. The second kappa shape index (κ2) is 12.7. The lowest BCUT2D eigenvalue weighted by Gasteiger charge is -2.29. The molecule has 1 heterocycles. The maximum Gasteiger partial charge on any atom is 0.243 e. The van der Waals surface area contributed by atoms with Crippen LogP contribution in [0.3, 0.4) is 0 Å². The molecule has 1 atom stereocenters. The fraction of sp³-hybridized carbons (Fsp3) is 0.458. The predicted octanol–water partition coefficient (Wildman–Crippen LogP) is 1.07. The zero-order chi connectivity index (χ0) is 27.9. The van der Waals surface area contributed by atoms with Crippen LogP contribution in [0.2, 0.25) is 0 Å². The van der Waals surface area contributed by atoms with Gasteiger partial charge in [-0.2, -0.15) is 4.31 Å². The Bertz CT molecular complexity index is 1310. The van der Waals surface area contributed by atoms with E-state index >= 15 is 0 Å². The molecule has 1 fully saturated rings. The largest absolute Gasteiger partial charge is 0.497 e. The van der Waals surface area contributed by atoms with E-state index in [1.807, 2.05) is 0 Å². The molecule has 0 spiro atoms. The standard InChI is InChI=1S/C24H33N3O9S2/c1-18(27(37(4,29)30)22-17-20(33-2)7-10-23(22)34-3)24(28)25-11-14-36-19-5-8-21(9-6-19)38(31,32)26-12-15-35-16-13-26/h5-10,17-18H,11-16H2,1-4H3,(H,25,28). The van der Waals surface area contributed by atoms with Gasteiger partial charge in [0.25, 0.3) is 0 Å². The number of carbonyl (C=O) groups is 1. The average molecular weight is 572 g/mol. The molecule has 38 heavy (non-hydrogen) atoms. The number of carbonyl (C=O) groups excluding carboxylic acids is 1. The summed E-state index contributed by atoms with van der Waals surface area (Å²) >= 11 is 0. The van der Waals surface area contributed by atoms with Crippen LogP contribution in [-0.4, -0.2) is 93.0 Å². The normalized spacial score (nSPS) is 15.4. The molecule has 3 rings (SSSR count). The smallest absolute Gasteiger partial charge is 0.243 e. The van der Waals surface area contributed by atoms with E-state index in [9.17, 15) is 21.6 Å². The van der Waals surface area contributed by atoms with Gasteiger partial charge in [-0.05, 0) is 43.3 Å². The molecule has 0 radical (unpaired) electrons. The lowest BCUT2D eigenvalue weighted by molar-refractivity contribution is -0.121. The molecule has 1 unspecified atom stereocenters. The molecule has 1 N–H and O–H groups in total. The summed E-state index contributed by atoms with van der Waals surface area (Å²) in [6, 6.07) is 9.57. The maximum atomic E-state index is 12.9. The second-order valence-electron chi connectivity index (χ2n) is 8.40. The minimum atomic E-state index is -3.87. The van der Waals surface area contributed by atoms with Crippen LogP contribution in [0.15, 0.2) is 47.4 Å². The number of benzene rings is 2. The first kappa shape index (κ1) is 29.5. The average Bonchev–Trinajstić information content (AvgIpc) is 2.91. The van der Waals surface area contributed by atoms with E-state index in [2.05, 4.69) is 5.32 Å². The zero-order valence-electron chi connectivity index (χ0n) is 21.7. The number of anilines is 1. The van der Waals surface area contributed by atoms with Crippen molar-refractivity contribution in [2.45, 2.75) is 17.9 Å². The van der Waals surface area contributed by atoms with Crippen molar-refractivity contribution in [1.29, 1.82) is 0 Å². The first-order chi connectivity index (χ1) is 18.0. The van der Waals surface area contributed by atoms with Crippen molar-refractivity contribution in [3.05, 3.63) is 42.5 Å². The Morgan fingerprint density at radius 2 is 1.66 bits per heavy atom. The van der Waals surface area contributed by atoms with E-state index < -0.39 is 32.0 Å². The summed E-state index contributed by atoms with van der Waals surface area (Å²) in [5.41, 5.74) is 0.167. The molecule has 0 aliphatic carbocycles. The number of hydrogen-bond donors (Lipinski definition) is 1. The van der Waals surface area contributed by atoms with Crippen LogP contribution in [0.25, 0.3) is 0 Å². The number of morpholine rings is 1. The minimum absolute atomic E-state index is 0.0787. The number of nitrogens with one attached hydrogen (secondary N) is 1. The molecule has 0 saturated carbocycles. The van der Waals surface area contributed by atoms with Crippen LogP contribution < -0.4 is 23.8 Å². The third-order valence-electron chi connectivity index (χ3n) is 5.81. The zero-order valence-corrected chi connectivity index (χ0v) is 23.4. The quantitative estimate of drug-likeness (QED) is 0.371. The van der Waals surface area contributed by atoms with Crippen molar-refractivity contribution in [2.24, 2.45) is 0 Å². The monoisotopic (exact) mass is 571 g/mol. The van der Waals surface area contributed by atoms with E-state index in [1.165, 1.54) is 55.8 Å². The Balaban J connectivity index is 1.60. The topological polar surface area (TPSA) is 141 Å². The molecule has 1 saturated heterocycles. The minimum Gasteiger partial charge on any atom is -0.497 e. The lowest BCUT2D eigenvalue weighted by Crippen LogP contribution is -2.48. The number of methoxy groups -OCH3 is 2. The van der Waals surface area contributed by atoms with Gasteiger partial charge in [0, 0.05) is 19.2 Å². The van der Waals surface area contributed by atoms with Crippen LogP contribution in [-0.2, 0) is 29.6 Å². The van der Waals surface area contributed by atoms with Crippen LogP contribution in [0.1, 0.15) is 6.92 Å². The second-order valence-corrected chi connectivity index (χ2v) is 12.2. The van der Waals surface area contributed by atoms with E-state index in [1.54, 1.807) is 12.1 Å². The van der Waals surface area contributed by atoms with Gasteiger partial charge in [-0.15, -0.1) is 0 Å². The van der Waals surface area contributed by atoms with Gasteiger partial charge in [0.2, 0.25) is 26.0 Å². The Morgan fingerprint density at radius 3 is 2.24 bits per heavy atom. The van der Waals surface area contributed by atoms with Crippen molar-refractivity contribution < 1.29 is 40.6 Å². The highest BCUT2D eigenvalue weighted by atomic mass is 32.2. The van der Waals surface area contributed by atoms with Crippen LogP contribution in [0.4, 0.5) is 5.69 Å². The number of rotatable bonds is 12. The summed E-state index contributed by atoms with van der Waals surface area (Å²) in [5.74, 6) is 0.542. The summed E-state index contributed by atoms with van der Waals surface area (Å²) in [5, 5.41) is 2.66. The summed E-state index contributed by atoms with van der Waals surface area (Å²) in [7, 11) is -4.63. The van der Waals surface area contributed by atoms with Gasteiger partial charge in [0.1, 0.15) is 29.9 Å². The third-order valence-corrected chi connectivity index (χ3v) is 8.95.